The lowest BCUT2D eigenvalue weighted by Gasteiger charge is -2.22. The van der Waals surface area contributed by atoms with Crippen LogP contribution in [0.1, 0.15) is 44.7 Å². The van der Waals surface area contributed by atoms with Crippen LogP contribution in [-0.4, -0.2) is 33.6 Å². The first-order valence-corrected chi connectivity index (χ1v) is 7.23. The van der Waals surface area contributed by atoms with Crippen LogP contribution in [0.2, 0.25) is 0 Å². The molecule has 1 aliphatic carbocycles. The average Bonchev–Trinajstić information content (AvgIpc) is 2.66. The minimum atomic E-state index is -0.263. The number of nitrogens with zero attached hydrogens (tertiary/aromatic N) is 2. The van der Waals surface area contributed by atoms with Crippen LogP contribution in [0.5, 0.6) is 0 Å². The Morgan fingerprint density at radius 1 is 1.55 bits per heavy atom. The third-order valence-electron chi connectivity index (χ3n) is 4.16. The zero-order chi connectivity index (χ0) is 14.7. The van der Waals surface area contributed by atoms with Gasteiger partial charge in [-0.05, 0) is 25.7 Å². The first-order chi connectivity index (χ1) is 9.51. The Kier molecular flexibility index (Phi) is 4.65. The second-order valence-electron chi connectivity index (χ2n) is 5.75. The van der Waals surface area contributed by atoms with Crippen molar-refractivity contribution in [2.45, 2.75) is 45.1 Å². The number of hydrogen-bond donors (Lipinski definition) is 3. The van der Waals surface area contributed by atoms with Crippen LogP contribution in [0, 0.1) is 5.92 Å². The van der Waals surface area contributed by atoms with E-state index >= 15 is 0 Å². The maximum atomic E-state index is 11.9. The third kappa shape index (κ3) is 3.30. The highest BCUT2D eigenvalue weighted by atomic mass is 16.3. The maximum Gasteiger partial charge on any atom is 0.320 e. The predicted octanol–water partition coefficient (Wildman–Crippen LogP) is 1.83. The van der Waals surface area contributed by atoms with Gasteiger partial charge in [0.25, 0.3) is 0 Å². The van der Waals surface area contributed by atoms with Crippen molar-refractivity contribution in [3.8, 4) is 0 Å². The summed E-state index contributed by atoms with van der Waals surface area (Å²) in [6.45, 7) is 3.83. The van der Waals surface area contributed by atoms with E-state index < -0.39 is 0 Å². The van der Waals surface area contributed by atoms with Crippen molar-refractivity contribution in [3.05, 3.63) is 11.8 Å². The second kappa shape index (κ2) is 6.26. The first-order valence-electron chi connectivity index (χ1n) is 7.23. The van der Waals surface area contributed by atoms with Crippen molar-refractivity contribution in [2.24, 2.45) is 13.0 Å². The zero-order valence-corrected chi connectivity index (χ0v) is 12.4. The number of aliphatic hydroxyl groups is 1. The Balaban J connectivity index is 1.92. The van der Waals surface area contributed by atoms with Crippen LogP contribution in [0.25, 0.3) is 0 Å². The van der Waals surface area contributed by atoms with Crippen LogP contribution >= 0.6 is 0 Å². The average molecular weight is 280 g/mol. The fourth-order valence-electron chi connectivity index (χ4n) is 2.17. The van der Waals surface area contributed by atoms with Crippen molar-refractivity contribution < 1.29 is 9.90 Å². The Labute approximate surface area is 119 Å². The van der Waals surface area contributed by atoms with Crippen LogP contribution in [0.15, 0.2) is 6.07 Å². The van der Waals surface area contributed by atoms with Crippen molar-refractivity contribution in [1.29, 1.82) is 0 Å². The van der Waals surface area contributed by atoms with E-state index in [0.29, 0.717) is 11.7 Å². The molecule has 0 saturated heterocycles. The van der Waals surface area contributed by atoms with Gasteiger partial charge < -0.3 is 10.4 Å². The molecule has 1 heterocycles. The Hall–Kier alpha value is -1.56. The van der Waals surface area contributed by atoms with Gasteiger partial charge in [0.05, 0.1) is 5.69 Å². The maximum absolute atomic E-state index is 11.9. The quantitative estimate of drug-likeness (QED) is 0.770. The number of nitrogens with one attached hydrogen (secondary N) is 2. The lowest BCUT2D eigenvalue weighted by Crippen LogP contribution is -2.41. The molecule has 1 aromatic heterocycles. The second-order valence-corrected chi connectivity index (χ2v) is 5.75. The summed E-state index contributed by atoms with van der Waals surface area (Å²) in [7, 11) is 1.83. The summed E-state index contributed by atoms with van der Waals surface area (Å²) in [6, 6.07) is 1.60. The van der Waals surface area contributed by atoms with Gasteiger partial charge in [-0.3, -0.25) is 10.00 Å². The predicted molar refractivity (Wildman–Crippen MR) is 77.7 cm³/mol. The molecule has 2 unspecified atom stereocenters. The number of urea groups is 1. The monoisotopic (exact) mass is 280 g/mol. The summed E-state index contributed by atoms with van der Waals surface area (Å²) in [5.41, 5.74) is 1.06. The van der Waals surface area contributed by atoms with E-state index in [4.69, 9.17) is 5.11 Å². The molecule has 1 saturated carbocycles. The smallest absolute Gasteiger partial charge is 0.320 e. The fourth-order valence-corrected chi connectivity index (χ4v) is 2.17. The van der Waals surface area contributed by atoms with E-state index in [1.54, 1.807) is 4.68 Å². The van der Waals surface area contributed by atoms with Crippen molar-refractivity contribution in [3.63, 3.8) is 0 Å². The van der Waals surface area contributed by atoms with Crippen LogP contribution in [-0.2, 0) is 7.05 Å². The number of rotatable bonds is 5. The number of amides is 2. The molecular weight excluding hydrogens is 256 g/mol. The van der Waals surface area contributed by atoms with Gasteiger partial charge in [-0.25, -0.2) is 4.79 Å². The molecule has 0 spiro atoms. The summed E-state index contributed by atoms with van der Waals surface area (Å²) < 4.78 is 1.70. The number of anilines is 1. The standard InChI is InChI=1S/C14H24N4O2/c1-9(8-19)10(2)15-14(20)16-13-7-12(17-18(13)3)11-5-4-6-11/h7,9-11,19H,4-6,8H2,1-3H3,(H2,15,16,20). The molecule has 0 bridgehead atoms. The summed E-state index contributed by atoms with van der Waals surface area (Å²) in [4.78, 5) is 11.9. The molecule has 1 aliphatic rings. The molecule has 0 radical (unpaired) electrons. The molecule has 2 atom stereocenters. The molecule has 6 heteroatoms. The van der Waals surface area contributed by atoms with Crippen molar-refractivity contribution in [1.82, 2.24) is 15.1 Å². The Morgan fingerprint density at radius 3 is 2.80 bits per heavy atom. The highest BCUT2D eigenvalue weighted by Gasteiger charge is 2.23. The molecule has 1 aromatic rings. The molecule has 112 valence electrons. The zero-order valence-electron chi connectivity index (χ0n) is 12.4. The number of carbonyl (C=O) groups excluding carboxylic acids is 1. The largest absolute Gasteiger partial charge is 0.396 e. The summed E-state index contributed by atoms with van der Waals surface area (Å²) in [5, 5.41) is 19.1. The highest BCUT2D eigenvalue weighted by Crippen LogP contribution is 2.36. The van der Waals surface area contributed by atoms with Gasteiger partial charge in [0.15, 0.2) is 0 Å². The third-order valence-corrected chi connectivity index (χ3v) is 4.16. The Morgan fingerprint density at radius 2 is 2.25 bits per heavy atom. The van der Waals surface area contributed by atoms with Gasteiger partial charge in [0.2, 0.25) is 0 Å². The first kappa shape index (κ1) is 14.8. The van der Waals surface area contributed by atoms with Gasteiger partial charge in [0.1, 0.15) is 5.82 Å². The molecule has 1 fully saturated rings. The lowest BCUT2D eigenvalue weighted by atomic mass is 9.83. The summed E-state index contributed by atoms with van der Waals surface area (Å²) in [6.07, 6.45) is 3.64. The minimum Gasteiger partial charge on any atom is -0.396 e. The van der Waals surface area contributed by atoms with E-state index in [-0.39, 0.29) is 24.6 Å². The lowest BCUT2D eigenvalue weighted by molar-refractivity contribution is 0.204. The van der Waals surface area contributed by atoms with Crippen molar-refractivity contribution in [2.75, 3.05) is 11.9 Å². The van der Waals surface area contributed by atoms with Crippen LogP contribution < -0.4 is 10.6 Å². The fraction of sp³-hybridized carbons (Fsp3) is 0.714. The number of aryl methyl sites for hydroxylation is 1. The molecular formula is C14H24N4O2. The van der Waals surface area contributed by atoms with E-state index in [0.717, 1.165) is 5.69 Å². The van der Waals surface area contributed by atoms with Gasteiger partial charge in [-0.1, -0.05) is 13.3 Å². The molecule has 2 rings (SSSR count). The number of carbonyl (C=O) groups is 1. The SMILES string of the molecule is CC(CO)C(C)NC(=O)Nc1cc(C2CCC2)nn1C. The molecule has 2 amide bonds. The Bertz CT molecular complexity index is 468. The van der Waals surface area contributed by atoms with E-state index in [1.807, 2.05) is 27.0 Å². The van der Waals surface area contributed by atoms with E-state index in [9.17, 15) is 4.79 Å². The normalized spacial score (nSPS) is 18.2. The van der Waals surface area contributed by atoms with E-state index in [1.165, 1.54) is 19.3 Å². The number of hydrogen-bond acceptors (Lipinski definition) is 3. The highest BCUT2D eigenvalue weighted by molar-refractivity contribution is 5.88. The van der Waals surface area contributed by atoms with Crippen LogP contribution in [0.4, 0.5) is 10.6 Å². The summed E-state index contributed by atoms with van der Waals surface area (Å²) >= 11 is 0. The molecule has 3 N–H and O–H groups in total. The van der Waals surface area contributed by atoms with Crippen molar-refractivity contribution >= 4 is 11.8 Å². The van der Waals surface area contributed by atoms with Gasteiger partial charge in [-0.15, -0.1) is 0 Å². The summed E-state index contributed by atoms with van der Waals surface area (Å²) in [5.74, 6) is 1.28. The molecule has 0 aromatic carbocycles. The topological polar surface area (TPSA) is 79.2 Å². The number of aliphatic hydroxyl groups excluding tert-OH is 1. The molecule has 20 heavy (non-hydrogen) atoms. The van der Waals surface area contributed by atoms with Gasteiger partial charge >= 0.3 is 6.03 Å². The molecule has 6 nitrogen and oxygen atoms in total. The minimum absolute atomic E-state index is 0.0258. The number of aromatic nitrogens is 2. The van der Waals surface area contributed by atoms with E-state index in [2.05, 4.69) is 15.7 Å². The van der Waals surface area contributed by atoms with Gasteiger partial charge in [0, 0.05) is 31.7 Å². The van der Waals surface area contributed by atoms with Crippen LogP contribution in [0.3, 0.4) is 0 Å². The molecule has 0 aliphatic heterocycles. The van der Waals surface area contributed by atoms with Gasteiger partial charge in [-0.2, -0.15) is 5.10 Å².